The number of rotatable bonds is 4. The van der Waals surface area contributed by atoms with E-state index in [1.54, 1.807) is 85.7 Å². The fraction of sp³-hybridized carbons (Fsp3) is 0.167. The Morgan fingerprint density at radius 1 is 0.947 bits per heavy atom. The molecule has 1 aliphatic rings. The van der Waals surface area contributed by atoms with E-state index in [9.17, 15) is 22.8 Å². The second-order valence-corrected chi connectivity index (χ2v) is 9.75. The third kappa shape index (κ3) is 4.32. The van der Waals surface area contributed by atoms with Gasteiger partial charge in [-0.25, -0.2) is 0 Å². The highest BCUT2D eigenvalue weighted by molar-refractivity contribution is 6.14. The van der Waals surface area contributed by atoms with Crippen LogP contribution in [-0.4, -0.2) is 16.8 Å². The monoisotopic (exact) mass is 515 g/mol. The van der Waals surface area contributed by atoms with Gasteiger partial charge in [0.15, 0.2) is 0 Å². The lowest BCUT2D eigenvalue weighted by Crippen LogP contribution is -2.33. The van der Waals surface area contributed by atoms with Gasteiger partial charge in [0.25, 0.3) is 5.91 Å². The molecular formula is C30H24F3N3O2. The van der Waals surface area contributed by atoms with E-state index in [-0.39, 0.29) is 5.91 Å². The van der Waals surface area contributed by atoms with E-state index in [1.807, 2.05) is 6.92 Å². The summed E-state index contributed by atoms with van der Waals surface area (Å²) in [6.07, 6.45) is -1.55. The van der Waals surface area contributed by atoms with E-state index in [1.165, 1.54) is 12.1 Å². The number of nitrogens with zero attached hydrogens (tertiary/aromatic N) is 2. The summed E-state index contributed by atoms with van der Waals surface area (Å²) in [4.78, 5) is 32.3. The smallest absolute Gasteiger partial charge is 0.322 e. The number of aromatic nitrogens is 1. The number of pyridine rings is 1. The number of aryl methyl sites for hydroxylation is 1. The van der Waals surface area contributed by atoms with Crippen LogP contribution in [0.5, 0.6) is 0 Å². The molecule has 1 aromatic heterocycles. The zero-order valence-corrected chi connectivity index (χ0v) is 20.9. The van der Waals surface area contributed by atoms with Gasteiger partial charge in [0.2, 0.25) is 5.91 Å². The number of hydrogen-bond acceptors (Lipinski definition) is 3. The highest BCUT2D eigenvalue weighted by Gasteiger charge is 2.46. The molecule has 192 valence electrons. The fourth-order valence-electron chi connectivity index (χ4n) is 4.85. The van der Waals surface area contributed by atoms with Crippen molar-refractivity contribution in [3.63, 3.8) is 0 Å². The number of halogens is 3. The molecule has 0 radical (unpaired) electrons. The summed E-state index contributed by atoms with van der Waals surface area (Å²) in [5.41, 5.74) is 1.77. The first-order valence-electron chi connectivity index (χ1n) is 12.0. The van der Waals surface area contributed by atoms with Gasteiger partial charge in [-0.15, -0.1) is 0 Å². The Morgan fingerprint density at radius 2 is 1.63 bits per heavy atom. The van der Waals surface area contributed by atoms with Crippen molar-refractivity contribution in [1.29, 1.82) is 0 Å². The minimum Gasteiger partial charge on any atom is -0.322 e. The summed E-state index contributed by atoms with van der Waals surface area (Å²) in [5, 5.41) is 2.57. The molecule has 38 heavy (non-hydrogen) atoms. The van der Waals surface area contributed by atoms with Crippen LogP contribution in [0.3, 0.4) is 0 Å². The molecule has 3 aromatic carbocycles. The van der Waals surface area contributed by atoms with Gasteiger partial charge in [0.1, 0.15) is 0 Å². The second kappa shape index (κ2) is 9.13. The molecule has 0 unspecified atom stereocenters. The van der Waals surface area contributed by atoms with Gasteiger partial charge < -0.3 is 5.32 Å². The first-order valence-corrected chi connectivity index (χ1v) is 12.0. The number of anilines is 3. The van der Waals surface area contributed by atoms with Crippen molar-refractivity contribution in [2.75, 3.05) is 10.2 Å². The molecule has 5 nitrogen and oxygen atoms in total. The molecule has 0 atom stereocenters. The Bertz CT molecular complexity index is 1550. The maximum absolute atomic E-state index is 13.9. The van der Waals surface area contributed by atoms with Crippen molar-refractivity contribution in [2.24, 2.45) is 0 Å². The van der Waals surface area contributed by atoms with E-state index in [0.29, 0.717) is 33.8 Å². The summed E-state index contributed by atoms with van der Waals surface area (Å²) in [6, 6.07) is 19.1. The Balaban J connectivity index is 1.64. The van der Waals surface area contributed by atoms with Gasteiger partial charge in [0, 0.05) is 18.1 Å². The molecule has 1 aliphatic heterocycles. The predicted octanol–water partition coefficient (Wildman–Crippen LogP) is 7.28. The molecular weight excluding hydrogens is 491 g/mol. The van der Waals surface area contributed by atoms with Crippen molar-refractivity contribution in [3.05, 3.63) is 107 Å². The van der Waals surface area contributed by atoms with Gasteiger partial charge in [-0.2, -0.15) is 13.2 Å². The molecule has 2 amide bonds. The van der Waals surface area contributed by atoms with Crippen molar-refractivity contribution in [3.8, 4) is 11.1 Å². The van der Waals surface area contributed by atoms with Crippen LogP contribution in [0.4, 0.5) is 30.2 Å². The summed E-state index contributed by atoms with van der Waals surface area (Å²) >= 11 is 0. The third-order valence-electron chi connectivity index (χ3n) is 6.76. The summed E-state index contributed by atoms with van der Waals surface area (Å²) in [6.45, 7) is 5.44. The Hall–Kier alpha value is -4.46. The molecule has 0 spiro atoms. The number of amides is 2. The van der Waals surface area contributed by atoms with Crippen LogP contribution in [0, 0.1) is 6.92 Å². The van der Waals surface area contributed by atoms with Gasteiger partial charge in [-0.05, 0) is 79.9 Å². The normalized spacial score (nSPS) is 14.4. The van der Waals surface area contributed by atoms with E-state index in [2.05, 4.69) is 10.3 Å². The quantitative estimate of drug-likeness (QED) is 0.311. The van der Waals surface area contributed by atoms with E-state index < -0.39 is 28.6 Å². The summed E-state index contributed by atoms with van der Waals surface area (Å²) < 4.78 is 41.8. The summed E-state index contributed by atoms with van der Waals surface area (Å²) in [7, 11) is 0. The van der Waals surface area contributed by atoms with Crippen molar-refractivity contribution in [1.82, 2.24) is 4.98 Å². The molecule has 0 aliphatic carbocycles. The van der Waals surface area contributed by atoms with Crippen LogP contribution in [0.1, 0.15) is 40.9 Å². The van der Waals surface area contributed by atoms with Gasteiger partial charge >= 0.3 is 6.18 Å². The average molecular weight is 516 g/mol. The highest BCUT2D eigenvalue weighted by atomic mass is 19.4. The van der Waals surface area contributed by atoms with Crippen molar-refractivity contribution in [2.45, 2.75) is 32.4 Å². The maximum atomic E-state index is 13.9. The largest absolute Gasteiger partial charge is 0.417 e. The Morgan fingerprint density at radius 3 is 2.29 bits per heavy atom. The predicted molar refractivity (Wildman–Crippen MR) is 140 cm³/mol. The number of carbonyl (C=O) groups is 2. The molecule has 2 heterocycles. The minimum absolute atomic E-state index is 0.171. The van der Waals surface area contributed by atoms with E-state index in [4.69, 9.17) is 0 Å². The zero-order chi connectivity index (χ0) is 27.2. The van der Waals surface area contributed by atoms with Crippen molar-refractivity contribution >= 4 is 28.9 Å². The number of alkyl halides is 3. The minimum atomic E-state index is -4.73. The highest BCUT2D eigenvalue weighted by Crippen LogP contribution is 2.49. The first kappa shape index (κ1) is 25.2. The average Bonchev–Trinajstić information content (AvgIpc) is 3.10. The Kier molecular flexibility index (Phi) is 6.06. The standard InChI is InChI=1S/C30H24F3N3O2/c1-18-7-10-20(11-8-18)35-27(37)23-17-19(9-12-24(23)30(31,32)33)22-5-4-6-25-26(22)29(2,3)28(38)36(25)21-13-15-34-16-14-21/h4-17H,1-3H3,(H,35,37). The zero-order valence-electron chi connectivity index (χ0n) is 20.9. The van der Waals surface area contributed by atoms with Crippen molar-refractivity contribution < 1.29 is 22.8 Å². The maximum Gasteiger partial charge on any atom is 0.417 e. The molecule has 0 fully saturated rings. The number of hydrogen-bond donors (Lipinski definition) is 1. The molecule has 0 bridgehead atoms. The van der Waals surface area contributed by atoms with Crippen LogP contribution >= 0.6 is 0 Å². The van der Waals surface area contributed by atoms with Crippen LogP contribution in [0.15, 0.2) is 85.2 Å². The number of nitrogens with one attached hydrogen (secondary N) is 1. The molecule has 0 saturated carbocycles. The third-order valence-corrected chi connectivity index (χ3v) is 6.76. The lowest BCUT2D eigenvalue weighted by atomic mass is 9.81. The topological polar surface area (TPSA) is 62.3 Å². The number of fused-ring (bicyclic) bond motifs is 1. The van der Waals surface area contributed by atoms with E-state index >= 15 is 0 Å². The molecule has 1 N–H and O–H groups in total. The van der Waals surface area contributed by atoms with E-state index in [0.717, 1.165) is 11.6 Å². The van der Waals surface area contributed by atoms with Crippen LogP contribution in [0.25, 0.3) is 11.1 Å². The lowest BCUT2D eigenvalue weighted by Gasteiger charge is -2.21. The fourth-order valence-corrected chi connectivity index (χ4v) is 4.85. The molecule has 0 saturated heterocycles. The Labute approximate surface area is 218 Å². The van der Waals surface area contributed by atoms with Gasteiger partial charge in [-0.3, -0.25) is 19.5 Å². The number of benzene rings is 3. The van der Waals surface area contributed by atoms with Gasteiger partial charge in [-0.1, -0.05) is 35.9 Å². The second-order valence-electron chi connectivity index (χ2n) is 9.75. The lowest BCUT2D eigenvalue weighted by molar-refractivity contribution is -0.137. The number of carbonyl (C=O) groups excluding carboxylic acids is 2. The molecule has 4 aromatic rings. The summed E-state index contributed by atoms with van der Waals surface area (Å²) in [5.74, 6) is -1.04. The van der Waals surface area contributed by atoms with Crippen LogP contribution in [0.2, 0.25) is 0 Å². The van der Waals surface area contributed by atoms with Crippen LogP contribution in [-0.2, 0) is 16.4 Å². The first-order chi connectivity index (χ1) is 18.0. The SMILES string of the molecule is Cc1ccc(NC(=O)c2cc(-c3cccc4c3C(C)(C)C(=O)N4c3ccncc3)ccc2C(F)(F)F)cc1. The van der Waals surface area contributed by atoms with Crippen LogP contribution < -0.4 is 10.2 Å². The van der Waals surface area contributed by atoms with Gasteiger partial charge in [0.05, 0.1) is 27.9 Å². The molecule has 5 rings (SSSR count). The molecule has 8 heteroatoms.